The van der Waals surface area contributed by atoms with Gasteiger partial charge in [0.05, 0.1) is 0 Å². The molecule has 1 atom stereocenters. The molecule has 0 aliphatic carbocycles. The van der Waals surface area contributed by atoms with Gasteiger partial charge in [0, 0.05) is 6.61 Å². The van der Waals surface area contributed by atoms with Gasteiger partial charge < -0.3 is 5.11 Å². The normalized spacial score (nSPS) is 12.9. The first-order valence-corrected chi connectivity index (χ1v) is 4.38. The number of hydrogen-bond donors (Lipinski definition) is 1. The van der Waals surface area contributed by atoms with Gasteiger partial charge in [0.25, 0.3) is 0 Å². The van der Waals surface area contributed by atoms with Crippen LogP contribution in [0.4, 0.5) is 0 Å². The zero-order valence-corrected chi connectivity index (χ0v) is 7.75. The molecule has 66 valence electrons. The van der Waals surface area contributed by atoms with Gasteiger partial charge in [-0.3, -0.25) is 0 Å². The first kappa shape index (κ1) is 9.27. The molecule has 0 saturated carbocycles. The van der Waals surface area contributed by atoms with E-state index in [2.05, 4.69) is 38.1 Å². The van der Waals surface area contributed by atoms with Crippen LogP contribution in [0.15, 0.2) is 24.3 Å². The molecule has 0 amide bonds. The second-order valence-corrected chi connectivity index (χ2v) is 3.48. The molecule has 0 aliphatic rings. The molecular formula is C11H16O. The van der Waals surface area contributed by atoms with Crippen LogP contribution in [0, 0.1) is 12.8 Å². The van der Waals surface area contributed by atoms with Crippen molar-refractivity contribution in [3.8, 4) is 0 Å². The van der Waals surface area contributed by atoms with Crippen molar-refractivity contribution in [1.82, 2.24) is 0 Å². The maximum absolute atomic E-state index is 8.87. The Morgan fingerprint density at radius 1 is 1.42 bits per heavy atom. The Morgan fingerprint density at radius 3 is 2.75 bits per heavy atom. The van der Waals surface area contributed by atoms with Gasteiger partial charge in [-0.1, -0.05) is 36.8 Å². The molecule has 1 aromatic rings. The Hall–Kier alpha value is -0.820. The summed E-state index contributed by atoms with van der Waals surface area (Å²) in [6, 6.07) is 8.44. The zero-order chi connectivity index (χ0) is 8.97. The minimum Gasteiger partial charge on any atom is -0.396 e. The fraction of sp³-hybridized carbons (Fsp3) is 0.455. The van der Waals surface area contributed by atoms with Crippen LogP contribution in [0.3, 0.4) is 0 Å². The summed E-state index contributed by atoms with van der Waals surface area (Å²) >= 11 is 0. The highest BCUT2D eigenvalue weighted by atomic mass is 16.3. The van der Waals surface area contributed by atoms with E-state index in [1.807, 2.05) is 0 Å². The molecule has 12 heavy (non-hydrogen) atoms. The Kier molecular flexibility index (Phi) is 3.30. The van der Waals surface area contributed by atoms with E-state index in [-0.39, 0.29) is 6.61 Å². The van der Waals surface area contributed by atoms with E-state index in [1.165, 1.54) is 11.1 Å². The fourth-order valence-corrected chi connectivity index (χ4v) is 1.31. The number of aryl methyl sites for hydroxylation is 1. The Morgan fingerprint density at radius 2 is 2.17 bits per heavy atom. The molecule has 0 heterocycles. The average molecular weight is 164 g/mol. The predicted octanol–water partition coefficient (Wildman–Crippen LogP) is 2.17. The monoisotopic (exact) mass is 164 g/mol. The van der Waals surface area contributed by atoms with E-state index < -0.39 is 0 Å². The predicted molar refractivity (Wildman–Crippen MR) is 51.1 cm³/mol. The molecule has 0 radical (unpaired) electrons. The van der Waals surface area contributed by atoms with Crippen molar-refractivity contribution < 1.29 is 5.11 Å². The van der Waals surface area contributed by atoms with Gasteiger partial charge in [-0.15, -0.1) is 0 Å². The van der Waals surface area contributed by atoms with Crippen LogP contribution in [-0.4, -0.2) is 11.7 Å². The number of rotatable bonds is 3. The standard InChI is InChI=1S/C11H16O/c1-9-4-3-5-11(6-9)7-10(2)8-12/h3-6,10,12H,7-8H2,1-2H3/t10-/m1/s1. The van der Waals surface area contributed by atoms with E-state index in [9.17, 15) is 0 Å². The van der Waals surface area contributed by atoms with Crippen LogP contribution in [-0.2, 0) is 6.42 Å². The first-order valence-electron chi connectivity index (χ1n) is 4.38. The molecule has 1 N–H and O–H groups in total. The van der Waals surface area contributed by atoms with Crippen molar-refractivity contribution in [3.63, 3.8) is 0 Å². The summed E-state index contributed by atoms with van der Waals surface area (Å²) in [5.74, 6) is 0.367. The molecule has 1 nitrogen and oxygen atoms in total. The summed E-state index contributed by atoms with van der Waals surface area (Å²) in [4.78, 5) is 0. The third-order valence-electron chi connectivity index (χ3n) is 1.98. The molecule has 0 spiro atoms. The summed E-state index contributed by atoms with van der Waals surface area (Å²) in [5, 5.41) is 8.87. The lowest BCUT2D eigenvalue weighted by atomic mass is 10.0. The van der Waals surface area contributed by atoms with Crippen LogP contribution in [0.1, 0.15) is 18.1 Å². The quantitative estimate of drug-likeness (QED) is 0.726. The molecule has 0 aromatic heterocycles. The average Bonchev–Trinajstić information content (AvgIpc) is 2.04. The van der Waals surface area contributed by atoms with Crippen LogP contribution in [0.2, 0.25) is 0 Å². The van der Waals surface area contributed by atoms with E-state index in [0.717, 1.165) is 6.42 Å². The molecule has 0 aliphatic heterocycles. The van der Waals surface area contributed by atoms with E-state index in [4.69, 9.17) is 5.11 Å². The molecule has 0 bridgehead atoms. The van der Waals surface area contributed by atoms with Gasteiger partial charge in [-0.05, 0) is 24.8 Å². The minimum absolute atomic E-state index is 0.272. The van der Waals surface area contributed by atoms with Gasteiger partial charge in [-0.25, -0.2) is 0 Å². The summed E-state index contributed by atoms with van der Waals surface area (Å²) in [7, 11) is 0. The molecule has 1 heteroatoms. The molecule has 0 saturated heterocycles. The molecule has 0 unspecified atom stereocenters. The topological polar surface area (TPSA) is 20.2 Å². The maximum Gasteiger partial charge on any atom is 0.0459 e. The zero-order valence-electron chi connectivity index (χ0n) is 7.75. The van der Waals surface area contributed by atoms with E-state index in [1.54, 1.807) is 0 Å². The summed E-state index contributed by atoms with van der Waals surface area (Å²) in [6.07, 6.45) is 0.970. The van der Waals surface area contributed by atoms with Gasteiger partial charge in [0.1, 0.15) is 0 Å². The van der Waals surface area contributed by atoms with Gasteiger partial charge in [0.15, 0.2) is 0 Å². The minimum atomic E-state index is 0.272. The highest BCUT2D eigenvalue weighted by Crippen LogP contribution is 2.09. The molecular weight excluding hydrogens is 148 g/mol. The number of aliphatic hydroxyl groups is 1. The molecule has 1 rings (SSSR count). The number of aliphatic hydroxyl groups excluding tert-OH is 1. The van der Waals surface area contributed by atoms with Crippen molar-refractivity contribution in [2.75, 3.05) is 6.61 Å². The van der Waals surface area contributed by atoms with E-state index in [0.29, 0.717) is 5.92 Å². The lowest BCUT2D eigenvalue weighted by molar-refractivity contribution is 0.237. The van der Waals surface area contributed by atoms with E-state index >= 15 is 0 Å². The highest BCUT2D eigenvalue weighted by Gasteiger charge is 2.00. The summed E-state index contributed by atoms with van der Waals surface area (Å²) in [6.45, 7) is 4.42. The van der Waals surface area contributed by atoms with Crippen molar-refractivity contribution in [1.29, 1.82) is 0 Å². The lowest BCUT2D eigenvalue weighted by Gasteiger charge is -2.07. The Bertz CT molecular complexity index is 243. The largest absolute Gasteiger partial charge is 0.396 e. The Labute approximate surface area is 74.1 Å². The van der Waals surface area contributed by atoms with Gasteiger partial charge >= 0.3 is 0 Å². The Balaban J connectivity index is 2.63. The second kappa shape index (κ2) is 4.27. The SMILES string of the molecule is Cc1cccc(C[C@@H](C)CO)c1. The van der Waals surface area contributed by atoms with Gasteiger partial charge in [0.2, 0.25) is 0 Å². The summed E-state index contributed by atoms with van der Waals surface area (Å²) in [5.41, 5.74) is 2.61. The van der Waals surface area contributed by atoms with Gasteiger partial charge in [-0.2, -0.15) is 0 Å². The van der Waals surface area contributed by atoms with Crippen molar-refractivity contribution in [2.24, 2.45) is 5.92 Å². The first-order chi connectivity index (χ1) is 5.72. The third-order valence-corrected chi connectivity index (χ3v) is 1.98. The van der Waals surface area contributed by atoms with Crippen LogP contribution in [0.5, 0.6) is 0 Å². The fourth-order valence-electron chi connectivity index (χ4n) is 1.31. The van der Waals surface area contributed by atoms with Crippen LogP contribution >= 0.6 is 0 Å². The summed E-state index contributed by atoms with van der Waals surface area (Å²) < 4.78 is 0. The molecule has 1 aromatic carbocycles. The molecule has 0 fully saturated rings. The van der Waals surface area contributed by atoms with Crippen LogP contribution in [0.25, 0.3) is 0 Å². The smallest absolute Gasteiger partial charge is 0.0459 e. The second-order valence-electron chi connectivity index (χ2n) is 3.48. The lowest BCUT2D eigenvalue weighted by Crippen LogP contribution is -2.04. The number of benzene rings is 1. The highest BCUT2D eigenvalue weighted by molar-refractivity contribution is 5.22. The number of hydrogen-bond acceptors (Lipinski definition) is 1. The van der Waals surface area contributed by atoms with Crippen molar-refractivity contribution in [3.05, 3.63) is 35.4 Å². The maximum atomic E-state index is 8.87. The van der Waals surface area contributed by atoms with Crippen molar-refractivity contribution >= 4 is 0 Å². The third kappa shape index (κ3) is 2.67. The van der Waals surface area contributed by atoms with Crippen LogP contribution < -0.4 is 0 Å². The van der Waals surface area contributed by atoms with Crippen molar-refractivity contribution in [2.45, 2.75) is 20.3 Å².